The first kappa shape index (κ1) is 27.5. The Morgan fingerprint density at radius 1 is 0.742 bits per heavy atom. The number of Topliss-reactive ketones (excluding diaryl/α,β-unsaturated/α-hetero) is 1. The Kier molecular flexibility index (Phi) is 11.7. The summed E-state index contributed by atoms with van der Waals surface area (Å²) in [5.41, 5.74) is 1.77. The maximum atomic E-state index is 12.1. The Labute approximate surface area is 191 Å². The van der Waals surface area contributed by atoms with E-state index in [9.17, 15) is 14.4 Å². The molecule has 0 atom stereocenters. The fourth-order valence-electron chi connectivity index (χ4n) is 4.22. The van der Waals surface area contributed by atoms with Gasteiger partial charge in [-0.05, 0) is 44.6 Å². The predicted octanol–water partition coefficient (Wildman–Crippen LogP) is 7.72. The van der Waals surface area contributed by atoms with Gasteiger partial charge in [-0.25, -0.2) is 0 Å². The van der Waals surface area contributed by atoms with Crippen molar-refractivity contribution in [3.05, 3.63) is 22.8 Å². The Morgan fingerprint density at radius 2 is 1.19 bits per heavy atom. The minimum Gasteiger partial charge on any atom is -0.303 e. The summed E-state index contributed by atoms with van der Waals surface area (Å²) >= 11 is 0. The summed E-state index contributed by atoms with van der Waals surface area (Å²) < 4.78 is 0. The highest BCUT2D eigenvalue weighted by molar-refractivity contribution is 6.22. The average Bonchev–Trinajstić information content (AvgIpc) is 2.71. The number of carbonyl (C=O) groups excluding carboxylic acids is 3. The van der Waals surface area contributed by atoms with Crippen LogP contribution < -0.4 is 0 Å². The zero-order valence-corrected chi connectivity index (χ0v) is 21.1. The van der Waals surface area contributed by atoms with E-state index >= 15 is 0 Å². The van der Waals surface area contributed by atoms with Gasteiger partial charge in [0.15, 0.2) is 11.6 Å². The Hall–Kier alpha value is -1.51. The van der Waals surface area contributed by atoms with Gasteiger partial charge in [-0.2, -0.15) is 0 Å². The first-order valence-electron chi connectivity index (χ1n) is 12.5. The third kappa shape index (κ3) is 8.86. The van der Waals surface area contributed by atoms with Crippen LogP contribution in [0.4, 0.5) is 0 Å². The minimum absolute atomic E-state index is 0.0307. The molecule has 1 aliphatic carbocycles. The van der Waals surface area contributed by atoms with Gasteiger partial charge in [-0.1, -0.05) is 91.9 Å². The van der Waals surface area contributed by atoms with Gasteiger partial charge in [0.05, 0.1) is 0 Å². The fourth-order valence-corrected chi connectivity index (χ4v) is 4.22. The van der Waals surface area contributed by atoms with Gasteiger partial charge in [-0.3, -0.25) is 9.59 Å². The van der Waals surface area contributed by atoms with Crippen LogP contribution in [0.25, 0.3) is 0 Å². The maximum absolute atomic E-state index is 12.1. The second-order valence-corrected chi connectivity index (χ2v) is 10.7. The molecule has 0 fully saturated rings. The van der Waals surface area contributed by atoms with Crippen molar-refractivity contribution in [3.8, 4) is 0 Å². The molecule has 0 radical (unpaired) electrons. The van der Waals surface area contributed by atoms with Crippen LogP contribution in [0.1, 0.15) is 125 Å². The van der Waals surface area contributed by atoms with Crippen LogP contribution in [0.5, 0.6) is 0 Å². The summed E-state index contributed by atoms with van der Waals surface area (Å²) in [6.45, 7) is 12.0. The summed E-state index contributed by atoms with van der Waals surface area (Å²) in [5, 5.41) is 0. The van der Waals surface area contributed by atoms with Crippen LogP contribution in [0.3, 0.4) is 0 Å². The summed E-state index contributed by atoms with van der Waals surface area (Å²) in [6.07, 6.45) is 18.1. The molecule has 0 bridgehead atoms. The van der Waals surface area contributed by atoms with Gasteiger partial charge < -0.3 is 4.79 Å². The molecule has 176 valence electrons. The van der Waals surface area contributed by atoms with Crippen molar-refractivity contribution in [2.75, 3.05) is 0 Å². The van der Waals surface area contributed by atoms with E-state index in [0.29, 0.717) is 11.1 Å². The number of ketones is 2. The highest BCUT2D eigenvalue weighted by atomic mass is 16.1. The van der Waals surface area contributed by atoms with E-state index in [1.807, 2.05) is 13.8 Å². The normalized spacial score (nSPS) is 15.5. The topological polar surface area (TPSA) is 51.2 Å². The molecule has 0 aromatic rings. The highest BCUT2D eigenvalue weighted by Gasteiger charge is 2.35. The van der Waals surface area contributed by atoms with E-state index in [0.717, 1.165) is 37.5 Å². The zero-order chi connectivity index (χ0) is 23.5. The molecule has 0 N–H and O–H groups in total. The standard InChI is InChI=1S/C28H46O3/c1-22-20-25(30)24(23(2)26(22)31)18-16-14-12-10-8-7-9-11-13-15-17-19-27(3,4)28(5,6)21-29/h20-21H,7-19H2,1-6H3. The fraction of sp³-hybridized carbons (Fsp3) is 0.750. The van der Waals surface area contributed by atoms with Crippen molar-refractivity contribution >= 4 is 17.9 Å². The van der Waals surface area contributed by atoms with Crippen LogP contribution in [0, 0.1) is 10.8 Å². The van der Waals surface area contributed by atoms with Crippen LogP contribution in [0.2, 0.25) is 0 Å². The molecule has 1 rings (SSSR count). The summed E-state index contributed by atoms with van der Waals surface area (Å²) in [7, 11) is 0. The van der Waals surface area contributed by atoms with Gasteiger partial charge in [0.1, 0.15) is 6.29 Å². The molecular formula is C28H46O3. The Bertz CT molecular complexity index is 676. The van der Waals surface area contributed by atoms with Gasteiger partial charge in [0, 0.05) is 22.1 Å². The quantitative estimate of drug-likeness (QED) is 0.143. The third-order valence-corrected chi connectivity index (χ3v) is 7.56. The van der Waals surface area contributed by atoms with E-state index < -0.39 is 0 Å². The number of allylic oxidation sites excluding steroid dienone is 4. The van der Waals surface area contributed by atoms with E-state index in [2.05, 4.69) is 13.8 Å². The van der Waals surface area contributed by atoms with Crippen LogP contribution >= 0.6 is 0 Å². The van der Waals surface area contributed by atoms with E-state index in [4.69, 9.17) is 0 Å². The third-order valence-electron chi connectivity index (χ3n) is 7.56. The molecule has 31 heavy (non-hydrogen) atoms. The molecular weight excluding hydrogens is 384 g/mol. The van der Waals surface area contributed by atoms with Gasteiger partial charge in [0.25, 0.3) is 0 Å². The lowest BCUT2D eigenvalue weighted by Crippen LogP contribution is -2.33. The molecule has 1 aliphatic rings. The predicted molar refractivity (Wildman–Crippen MR) is 130 cm³/mol. The average molecular weight is 431 g/mol. The van der Waals surface area contributed by atoms with E-state index in [1.165, 1.54) is 63.9 Å². The van der Waals surface area contributed by atoms with Crippen LogP contribution in [-0.4, -0.2) is 17.9 Å². The van der Waals surface area contributed by atoms with Crippen molar-refractivity contribution in [1.29, 1.82) is 0 Å². The monoisotopic (exact) mass is 430 g/mol. The molecule has 0 spiro atoms. The molecule has 3 nitrogen and oxygen atoms in total. The Morgan fingerprint density at radius 3 is 1.68 bits per heavy atom. The SMILES string of the molecule is CC1=CC(=O)C(CCCCCCCCCCCCCC(C)(C)C(C)(C)C=O)=C(C)C1=O. The van der Waals surface area contributed by atoms with Gasteiger partial charge >= 0.3 is 0 Å². The molecule has 0 aromatic carbocycles. The molecule has 0 saturated heterocycles. The lowest BCUT2D eigenvalue weighted by molar-refractivity contribution is -0.120. The van der Waals surface area contributed by atoms with Crippen molar-refractivity contribution in [2.45, 2.75) is 125 Å². The smallest absolute Gasteiger partial charge is 0.184 e. The summed E-state index contributed by atoms with van der Waals surface area (Å²) in [5.74, 6) is 0.0636. The first-order valence-corrected chi connectivity index (χ1v) is 12.5. The number of unbranched alkanes of at least 4 members (excludes halogenated alkanes) is 10. The van der Waals surface area contributed by atoms with Crippen LogP contribution in [0.15, 0.2) is 22.8 Å². The largest absolute Gasteiger partial charge is 0.303 e. The maximum Gasteiger partial charge on any atom is 0.184 e. The molecule has 0 aromatic heterocycles. The van der Waals surface area contributed by atoms with Crippen molar-refractivity contribution < 1.29 is 14.4 Å². The summed E-state index contributed by atoms with van der Waals surface area (Å²) in [4.78, 5) is 35.4. The van der Waals surface area contributed by atoms with E-state index in [-0.39, 0.29) is 22.4 Å². The number of carbonyl (C=O) groups is 3. The number of hydrogen-bond acceptors (Lipinski definition) is 3. The molecule has 0 saturated carbocycles. The number of hydrogen-bond donors (Lipinski definition) is 0. The second-order valence-electron chi connectivity index (χ2n) is 10.7. The lowest BCUT2D eigenvalue weighted by Gasteiger charge is -2.37. The second kappa shape index (κ2) is 13.1. The lowest BCUT2D eigenvalue weighted by atomic mass is 9.66. The number of rotatable bonds is 16. The molecule has 0 unspecified atom stereocenters. The molecule has 3 heteroatoms. The van der Waals surface area contributed by atoms with Crippen LogP contribution in [-0.2, 0) is 14.4 Å². The van der Waals surface area contributed by atoms with Crippen molar-refractivity contribution in [2.24, 2.45) is 10.8 Å². The van der Waals surface area contributed by atoms with E-state index in [1.54, 1.807) is 13.8 Å². The van der Waals surface area contributed by atoms with Gasteiger partial charge in [0.2, 0.25) is 0 Å². The van der Waals surface area contributed by atoms with Gasteiger partial charge in [-0.15, -0.1) is 0 Å². The Balaban J connectivity index is 2.00. The zero-order valence-electron chi connectivity index (χ0n) is 21.1. The molecule has 0 amide bonds. The van der Waals surface area contributed by atoms with Crippen molar-refractivity contribution in [1.82, 2.24) is 0 Å². The molecule has 0 heterocycles. The van der Waals surface area contributed by atoms with Crippen molar-refractivity contribution in [3.63, 3.8) is 0 Å². The minimum atomic E-state index is -0.248. The highest BCUT2D eigenvalue weighted by Crippen LogP contribution is 2.41. The first-order chi connectivity index (χ1) is 14.5. The summed E-state index contributed by atoms with van der Waals surface area (Å²) in [6, 6.07) is 0. The number of aldehydes is 1. The molecule has 0 aliphatic heterocycles.